The fourth-order valence-electron chi connectivity index (χ4n) is 8.14. The number of aliphatic imine (C=N–C) groups is 1. The summed E-state index contributed by atoms with van der Waals surface area (Å²) in [5, 5.41) is 6.11. The number of ketones is 1. The van der Waals surface area contributed by atoms with Crippen molar-refractivity contribution in [2.24, 2.45) is 22.6 Å². The number of carbonyl (C=O) groups excluding carboxylic acids is 5. The summed E-state index contributed by atoms with van der Waals surface area (Å²) < 4.78 is 10.2. The highest BCUT2D eigenvalue weighted by molar-refractivity contribution is 5.94. The van der Waals surface area contributed by atoms with Crippen molar-refractivity contribution in [3.05, 3.63) is 215 Å². The second kappa shape index (κ2) is 34.1. The van der Waals surface area contributed by atoms with Crippen molar-refractivity contribution in [2.45, 2.75) is 117 Å². The lowest BCUT2D eigenvalue weighted by Crippen LogP contribution is -2.44. The molecule has 0 bridgehead atoms. The zero-order valence-electron chi connectivity index (χ0n) is 44.7. The van der Waals surface area contributed by atoms with Gasteiger partial charge in [-0.3, -0.25) is 24.2 Å². The van der Waals surface area contributed by atoms with Crippen LogP contribution in [-0.4, -0.2) is 72.6 Å². The molecule has 0 aliphatic heterocycles. The van der Waals surface area contributed by atoms with Gasteiger partial charge in [0.1, 0.15) is 12.1 Å². The van der Waals surface area contributed by atoms with E-state index >= 15 is 0 Å². The van der Waals surface area contributed by atoms with Gasteiger partial charge in [-0.1, -0.05) is 196 Å². The van der Waals surface area contributed by atoms with Crippen LogP contribution in [0.3, 0.4) is 0 Å². The Kier molecular flexibility index (Phi) is 27.3. The molecule has 0 saturated heterocycles. The highest BCUT2D eigenvalue weighted by Gasteiger charge is 2.25. The van der Waals surface area contributed by atoms with E-state index < -0.39 is 18.1 Å². The Morgan fingerprint density at radius 1 is 0.453 bits per heavy atom. The molecule has 11 heteroatoms. The van der Waals surface area contributed by atoms with Crippen LogP contribution in [0.15, 0.2) is 187 Å². The molecule has 0 aliphatic rings. The van der Waals surface area contributed by atoms with Crippen LogP contribution in [0.4, 0.5) is 0 Å². The van der Waals surface area contributed by atoms with Crippen molar-refractivity contribution in [1.29, 1.82) is 0 Å². The number of hydrogen-bond donors (Lipinski definition) is 3. The van der Waals surface area contributed by atoms with Crippen LogP contribution in [-0.2, 0) is 72.0 Å². The molecule has 6 aromatic carbocycles. The number of nitrogens with one attached hydrogen (secondary N) is 2. The number of ether oxygens (including phenoxy) is 2. The standard InChI is InChI=1S/C32H38N2O3.C20H23NO2.C12H17NO2/c1-4-37-32(36)29(21-20-26-14-8-5-9-15-26)33-25(3)30(23-28-18-12-7-13-19-28)34-31(35)24(2)22-27-16-10-6-11-17-27;1-15(13-17-9-5-3-6-10-17)20(23)21-19(16(2)22)14-18-11-7-4-8-12-18;1-2-15-12(14)11(13)9-8-10-6-4-3-5-7-10/h5-19,24,29-30H,4,20-23H2,1-3H3,(H,34,35);3-12,15,19H,13-14H2,1-2H3,(H,21,23);3-7,11H,2,8-9,13H2,1H3/t24?,29-,30?;15?,19-;/m10./s1. The summed E-state index contributed by atoms with van der Waals surface area (Å²) in [6.07, 6.45) is 5.13. The van der Waals surface area contributed by atoms with Crippen LogP contribution in [0.25, 0.3) is 0 Å². The molecule has 396 valence electrons. The maximum absolute atomic E-state index is 13.2. The largest absolute Gasteiger partial charge is 0.465 e. The number of rotatable bonds is 25. The van der Waals surface area contributed by atoms with Crippen molar-refractivity contribution in [2.75, 3.05) is 13.2 Å². The number of aryl methyl sites for hydroxylation is 2. The average molecular weight is 1020 g/mol. The Bertz CT molecular complexity index is 2600. The van der Waals surface area contributed by atoms with Gasteiger partial charge in [0.15, 0.2) is 5.78 Å². The second-order valence-electron chi connectivity index (χ2n) is 18.7. The Labute approximate surface area is 445 Å². The molecule has 2 amide bonds. The van der Waals surface area contributed by atoms with Crippen LogP contribution in [0.5, 0.6) is 0 Å². The van der Waals surface area contributed by atoms with Gasteiger partial charge in [0.05, 0.1) is 25.3 Å². The maximum Gasteiger partial charge on any atom is 0.330 e. The number of nitrogens with two attached hydrogens (primary N) is 1. The molecule has 0 saturated carbocycles. The maximum atomic E-state index is 13.2. The van der Waals surface area contributed by atoms with Gasteiger partial charge in [-0.2, -0.15) is 0 Å². The predicted octanol–water partition coefficient (Wildman–Crippen LogP) is 10.3. The smallest absolute Gasteiger partial charge is 0.330 e. The van der Waals surface area contributed by atoms with Gasteiger partial charge in [0.25, 0.3) is 0 Å². The topological polar surface area (TPSA) is 166 Å². The van der Waals surface area contributed by atoms with Gasteiger partial charge < -0.3 is 25.8 Å². The quantitative estimate of drug-likeness (QED) is 0.0377. The summed E-state index contributed by atoms with van der Waals surface area (Å²) in [7, 11) is 0. The second-order valence-corrected chi connectivity index (χ2v) is 18.7. The number of benzene rings is 6. The monoisotopic (exact) mass is 1010 g/mol. The first-order chi connectivity index (χ1) is 36.3. The number of nitrogens with zero attached hydrogens (tertiary/aromatic N) is 1. The zero-order chi connectivity index (χ0) is 54.2. The molecule has 0 spiro atoms. The number of esters is 2. The van der Waals surface area contributed by atoms with Gasteiger partial charge in [0, 0.05) is 17.5 Å². The molecule has 75 heavy (non-hydrogen) atoms. The van der Waals surface area contributed by atoms with Crippen LogP contribution in [0.1, 0.15) is 87.8 Å². The van der Waals surface area contributed by atoms with Crippen molar-refractivity contribution in [3.8, 4) is 0 Å². The molecular weight excluding hydrogens is 937 g/mol. The van der Waals surface area contributed by atoms with E-state index in [-0.39, 0.29) is 47.4 Å². The average Bonchev–Trinajstić information content (AvgIpc) is 3.43. The Balaban J connectivity index is 0.000000271. The molecule has 6 aromatic rings. The minimum Gasteiger partial charge on any atom is -0.465 e. The molecule has 0 aliphatic carbocycles. The first-order valence-corrected chi connectivity index (χ1v) is 26.2. The molecule has 4 N–H and O–H groups in total. The zero-order valence-corrected chi connectivity index (χ0v) is 44.7. The number of Topliss-reactive ketones (excluding diaryl/α,β-unsaturated/α-hetero) is 1. The minimum atomic E-state index is -0.628. The van der Waals surface area contributed by atoms with E-state index in [2.05, 4.69) is 10.6 Å². The van der Waals surface area contributed by atoms with Crippen molar-refractivity contribution in [3.63, 3.8) is 0 Å². The fraction of sp³-hybridized carbons (Fsp3) is 0.344. The van der Waals surface area contributed by atoms with Crippen molar-refractivity contribution < 1.29 is 33.4 Å². The Morgan fingerprint density at radius 3 is 1.15 bits per heavy atom. The van der Waals surface area contributed by atoms with E-state index in [0.29, 0.717) is 58.2 Å². The molecule has 11 nitrogen and oxygen atoms in total. The lowest BCUT2D eigenvalue weighted by molar-refractivity contribution is -0.145. The van der Waals surface area contributed by atoms with E-state index in [4.69, 9.17) is 20.2 Å². The highest BCUT2D eigenvalue weighted by Crippen LogP contribution is 2.15. The first-order valence-electron chi connectivity index (χ1n) is 26.2. The highest BCUT2D eigenvalue weighted by atomic mass is 16.5. The summed E-state index contributed by atoms with van der Waals surface area (Å²) >= 11 is 0. The predicted molar refractivity (Wildman–Crippen MR) is 301 cm³/mol. The Hall–Kier alpha value is -7.50. The molecular formula is C64H78N4O7. The molecule has 0 radical (unpaired) electrons. The van der Waals surface area contributed by atoms with E-state index in [1.54, 1.807) is 13.8 Å². The van der Waals surface area contributed by atoms with Crippen LogP contribution in [0.2, 0.25) is 0 Å². The molecule has 0 fully saturated rings. The van der Waals surface area contributed by atoms with Crippen LogP contribution >= 0.6 is 0 Å². The number of hydrogen-bond acceptors (Lipinski definition) is 9. The molecule has 6 atom stereocenters. The summed E-state index contributed by atoms with van der Waals surface area (Å²) in [6, 6.07) is 57.8. The summed E-state index contributed by atoms with van der Waals surface area (Å²) in [4.78, 5) is 66.3. The summed E-state index contributed by atoms with van der Waals surface area (Å²) in [5.41, 5.74) is 13.1. The molecule has 0 aromatic heterocycles. The van der Waals surface area contributed by atoms with E-state index in [1.165, 1.54) is 12.5 Å². The van der Waals surface area contributed by atoms with Crippen LogP contribution < -0.4 is 16.4 Å². The van der Waals surface area contributed by atoms with Gasteiger partial charge in [-0.25, -0.2) is 4.79 Å². The SMILES string of the molecule is CC(=O)[C@H](Cc1ccccc1)NC(=O)C(C)Cc1ccccc1.CCOC(=O)C(N)CCc1ccccc1.CCOC(=O)[C@@H](CCc1ccccc1)N=C(C)C(Cc1ccccc1)NC(=O)C(C)Cc1ccccc1. The normalized spacial score (nSPS) is 13.3. The molecule has 6 rings (SSSR count). The van der Waals surface area contributed by atoms with Crippen LogP contribution in [0, 0.1) is 11.8 Å². The third-order valence-corrected chi connectivity index (χ3v) is 12.5. The van der Waals surface area contributed by atoms with E-state index in [9.17, 15) is 24.0 Å². The fourth-order valence-corrected chi connectivity index (χ4v) is 8.14. The minimum absolute atomic E-state index is 0.0193. The Morgan fingerprint density at radius 2 is 0.773 bits per heavy atom. The molecule has 0 heterocycles. The summed E-state index contributed by atoms with van der Waals surface area (Å²) in [6.45, 7) is 11.5. The summed E-state index contributed by atoms with van der Waals surface area (Å²) in [5.74, 6) is -1.15. The lowest BCUT2D eigenvalue weighted by atomic mass is 9.97. The lowest BCUT2D eigenvalue weighted by Gasteiger charge is -2.23. The number of carbonyl (C=O) groups is 5. The number of amides is 2. The molecule has 4 unspecified atom stereocenters. The van der Waals surface area contributed by atoms with Crippen molar-refractivity contribution >= 4 is 35.2 Å². The van der Waals surface area contributed by atoms with E-state index in [1.807, 2.05) is 203 Å². The third kappa shape index (κ3) is 23.5. The van der Waals surface area contributed by atoms with Gasteiger partial charge in [-0.15, -0.1) is 0 Å². The van der Waals surface area contributed by atoms with E-state index in [0.717, 1.165) is 39.9 Å². The van der Waals surface area contributed by atoms with Gasteiger partial charge >= 0.3 is 11.9 Å². The third-order valence-electron chi connectivity index (χ3n) is 12.5. The van der Waals surface area contributed by atoms with Gasteiger partial charge in [0.2, 0.25) is 11.8 Å². The van der Waals surface area contributed by atoms with Crippen molar-refractivity contribution in [1.82, 2.24) is 10.6 Å². The van der Waals surface area contributed by atoms with Gasteiger partial charge in [-0.05, 0) is 112 Å². The first kappa shape index (κ1) is 60.1.